The monoisotopic (exact) mass is 768 g/mol. The molecule has 0 spiro atoms. The van der Waals surface area contributed by atoms with Gasteiger partial charge in [-0.05, 0) is 117 Å². The Labute approximate surface area is 319 Å². The Morgan fingerprint density at radius 1 is 0.870 bits per heavy atom. The lowest BCUT2D eigenvalue weighted by atomic mass is 9.34. The summed E-state index contributed by atoms with van der Waals surface area (Å²) in [6.07, 6.45) is -7.21. The standard InChI is InChI=1S/C41H68O13/c1-19(2)10-9-13-40(8,49)20-11-15-38(6)26(20)21(43)16-24-37(5)14-12-25(44)36(3,4)30(37)22(17-39(24,38)7)51-34-29(28(46)27(45)23(18-42)52-34)53-35-32(48)41(50)31(47)33(41)54-35/h10,20-35,42-50H,9,11-18H2,1-8H3/t20-,21+,22-,23?,24+,25-,26-,27+,28?,29?,30-,31-,32?,33?,34+,35+,37+,38+,39+,40-,41?/m0/s1. The van der Waals surface area contributed by atoms with Crippen LogP contribution in [0.15, 0.2) is 11.6 Å². The largest absolute Gasteiger partial charge is 0.394 e. The molecule has 0 aromatic heterocycles. The van der Waals surface area contributed by atoms with Crippen LogP contribution < -0.4 is 0 Å². The third kappa shape index (κ3) is 5.88. The molecule has 7 aliphatic rings. The van der Waals surface area contributed by atoms with Gasteiger partial charge in [-0.1, -0.05) is 46.3 Å². The average molecular weight is 769 g/mol. The van der Waals surface area contributed by atoms with Gasteiger partial charge in [-0.15, -0.1) is 0 Å². The van der Waals surface area contributed by atoms with E-state index in [1.807, 2.05) is 20.8 Å². The minimum Gasteiger partial charge on any atom is -0.394 e. The second kappa shape index (κ2) is 13.6. The predicted molar refractivity (Wildman–Crippen MR) is 194 cm³/mol. The molecule has 0 aromatic rings. The Morgan fingerprint density at radius 2 is 1.56 bits per heavy atom. The van der Waals surface area contributed by atoms with Crippen LogP contribution in [0.3, 0.4) is 0 Å². The van der Waals surface area contributed by atoms with E-state index in [1.54, 1.807) is 0 Å². The Kier molecular flexibility index (Phi) is 10.5. The van der Waals surface area contributed by atoms with Gasteiger partial charge in [0.1, 0.15) is 42.7 Å². The van der Waals surface area contributed by atoms with Crippen LogP contribution in [0.5, 0.6) is 0 Å². The van der Waals surface area contributed by atoms with Gasteiger partial charge in [0.05, 0.1) is 30.5 Å². The van der Waals surface area contributed by atoms with E-state index in [0.29, 0.717) is 32.1 Å². The Bertz CT molecular complexity index is 1430. The molecule has 310 valence electrons. The first-order chi connectivity index (χ1) is 25.0. The van der Waals surface area contributed by atoms with Gasteiger partial charge in [0, 0.05) is 0 Å². The molecule has 2 heterocycles. The van der Waals surface area contributed by atoms with Crippen LogP contribution in [0.25, 0.3) is 0 Å². The first kappa shape index (κ1) is 41.4. The summed E-state index contributed by atoms with van der Waals surface area (Å²) in [5, 5.41) is 100. The van der Waals surface area contributed by atoms with Crippen molar-refractivity contribution in [1.82, 2.24) is 0 Å². The molecule has 0 radical (unpaired) electrons. The van der Waals surface area contributed by atoms with E-state index < -0.39 is 113 Å². The molecule has 9 N–H and O–H groups in total. The Balaban J connectivity index is 1.24. The van der Waals surface area contributed by atoms with Gasteiger partial charge >= 0.3 is 0 Å². The SMILES string of the molecule is CC(C)=CCC[C@](C)(O)[C@H]1CC[C@]2(C)[C@@H]1[C@H](O)C[C@@H]1[C@@]3(C)CC[C@H](O)C(C)(C)[C@@H]3[C@@H](O[C@@H]3OC(CO)[C@@H](O)C(O)C3O[C@@H]3OC4[C@H](O)C4(O)C3O)C[C@]12C. The summed E-state index contributed by atoms with van der Waals surface area (Å²) in [5.41, 5.74) is -3.60. The molecule has 7 rings (SSSR count). The molecule has 5 aliphatic carbocycles. The third-order valence-corrected chi connectivity index (χ3v) is 16.8. The molecule has 2 aliphatic heterocycles. The summed E-state index contributed by atoms with van der Waals surface area (Å²) in [6.45, 7) is 16.3. The maximum Gasteiger partial charge on any atom is 0.187 e. The summed E-state index contributed by atoms with van der Waals surface area (Å²) in [4.78, 5) is 0. The van der Waals surface area contributed by atoms with E-state index in [0.717, 1.165) is 19.3 Å². The lowest BCUT2D eigenvalue weighted by molar-refractivity contribution is -0.367. The van der Waals surface area contributed by atoms with Gasteiger partial charge in [-0.2, -0.15) is 0 Å². The number of allylic oxidation sites excluding steroid dienone is 2. The molecule has 13 heteroatoms. The van der Waals surface area contributed by atoms with Crippen molar-refractivity contribution in [2.24, 2.45) is 45.3 Å². The third-order valence-electron chi connectivity index (χ3n) is 16.8. The predicted octanol–water partition coefficient (Wildman–Crippen LogP) is 1.51. The first-order valence-corrected chi connectivity index (χ1v) is 20.4. The fraction of sp³-hybridized carbons (Fsp3) is 0.951. The maximum absolute atomic E-state index is 12.2. The molecule has 2 saturated heterocycles. The van der Waals surface area contributed by atoms with Gasteiger partial charge in [0.2, 0.25) is 0 Å². The van der Waals surface area contributed by atoms with E-state index >= 15 is 0 Å². The minimum atomic E-state index is -1.92. The lowest BCUT2D eigenvalue weighted by Crippen LogP contribution is -2.71. The van der Waals surface area contributed by atoms with E-state index in [2.05, 4.69) is 40.7 Å². The van der Waals surface area contributed by atoms with Crippen molar-refractivity contribution < 1.29 is 64.9 Å². The van der Waals surface area contributed by atoms with Crippen molar-refractivity contribution in [3.63, 3.8) is 0 Å². The smallest absolute Gasteiger partial charge is 0.187 e. The van der Waals surface area contributed by atoms with Crippen LogP contribution in [0.2, 0.25) is 0 Å². The van der Waals surface area contributed by atoms with Crippen molar-refractivity contribution in [3.8, 4) is 0 Å². The number of fused-ring (bicyclic) bond motifs is 6. The zero-order chi connectivity index (χ0) is 39.7. The molecule has 5 saturated carbocycles. The fourth-order valence-corrected chi connectivity index (χ4v) is 13.6. The highest BCUT2D eigenvalue weighted by Gasteiger charge is 2.78. The first-order valence-electron chi connectivity index (χ1n) is 20.4. The molecule has 21 atom stereocenters. The molecular formula is C41H68O13. The molecule has 0 aromatic carbocycles. The van der Waals surface area contributed by atoms with E-state index in [4.69, 9.17) is 18.9 Å². The number of hydrogen-bond acceptors (Lipinski definition) is 13. The van der Waals surface area contributed by atoms with Crippen molar-refractivity contribution >= 4 is 0 Å². The highest BCUT2D eigenvalue weighted by molar-refractivity contribution is 5.25. The van der Waals surface area contributed by atoms with Gasteiger partial charge < -0.3 is 64.9 Å². The summed E-state index contributed by atoms with van der Waals surface area (Å²) < 4.78 is 24.9. The fourth-order valence-electron chi connectivity index (χ4n) is 13.6. The van der Waals surface area contributed by atoms with Crippen molar-refractivity contribution in [2.45, 2.75) is 192 Å². The van der Waals surface area contributed by atoms with Crippen LogP contribution in [-0.4, -0.2) is 137 Å². The normalized spacial score (nSPS) is 55.9. The maximum atomic E-state index is 12.2. The topological polar surface area (TPSA) is 219 Å². The zero-order valence-corrected chi connectivity index (χ0v) is 33.3. The van der Waals surface area contributed by atoms with E-state index in [1.165, 1.54) is 5.57 Å². The quantitative estimate of drug-likeness (QED) is 0.120. The highest BCUT2D eigenvalue weighted by atomic mass is 16.8. The lowest BCUT2D eigenvalue weighted by Gasteiger charge is -2.72. The van der Waals surface area contributed by atoms with Crippen LogP contribution >= 0.6 is 0 Å². The van der Waals surface area contributed by atoms with Crippen molar-refractivity contribution in [2.75, 3.05) is 6.61 Å². The summed E-state index contributed by atoms with van der Waals surface area (Å²) in [5.74, 6) is -0.504. The highest BCUT2D eigenvalue weighted by Crippen LogP contribution is 2.76. The Hall–Kier alpha value is -0.780. The van der Waals surface area contributed by atoms with Gasteiger partial charge in [0.25, 0.3) is 0 Å². The van der Waals surface area contributed by atoms with Crippen LogP contribution in [0.1, 0.15) is 107 Å². The number of aliphatic hydroxyl groups is 9. The van der Waals surface area contributed by atoms with E-state index in [9.17, 15) is 46.0 Å². The molecule has 54 heavy (non-hydrogen) atoms. The molecular weight excluding hydrogens is 700 g/mol. The molecule has 7 fully saturated rings. The van der Waals surface area contributed by atoms with E-state index in [-0.39, 0.29) is 23.7 Å². The second-order valence-electron chi connectivity index (χ2n) is 20.3. The molecule has 6 unspecified atom stereocenters. The second-order valence-corrected chi connectivity index (χ2v) is 20.3. The molecule has 13 nitrogen and oxygen atoms in total. The summed E-state index contributed by atoms with van der Waals surface area (Å²) in [6, 6.07) is 0. The number of aliphatic hydroxyl groups excluding tert-OH is 7. The summed E-state index contributed by atoms with van der Waals surface area (Å²) >= 11 is 0. The van der Waals surface area contributed by atoms with Crippen molar-refractivity contribution in [3.05, 3.63) is 11.6 Å². The Morgan fingerprint density at radius 3 is 2.17 bits per heavy atom. The minimum absolute atomic E-state index is 0.0464. The van der Waals surface area contributed by atoms with Crippen LogP contribution in [0, 0.1) is 45.3 Å². The summed E-state index contributed by atoms with van der Waals surface area (Å²) in [7, 11) is 0. The average Bonchev–Trinajstić information content (AvgIpc) is 3.31. The number of ether oxygens (including phenoxy) is 4. The number of rotatable bonds is 9. The number of hydrogen-bond donors (Lipinski definition) is 9. The van der Waals surface area contributed by atoms with Crippen LogP contribution in [0.4, 0.5) is 0 Å². The molecule has 0 amide bonds. The zero-order valence-electron chi connectivity index (χ0n) is 33.3. The van der Waals surface area contributed by atoms with Gasteiger partial charge in [-0.25, -0.2) is 0 Å². The molecule has 0 bridgehead atoms. The van der Waals surface area contributed by atoms with Gasteiger partial charge in [-0.3, -0.25) is 0 Å². The van der Waals surface area contributed by atoms with Crippen LogP contribution in [-0.2, 0) is 18.9 Å². The van der Waals surface area contributed by atoms with Crippen molar-refractivity contribution in [1.29, 1.82) is 0 Å². The van der Waals surface area contributed by atoms with Gasteiger partial charge in [0.15, 0.2) is 18.2 Å².